The van der Waals surface area contributed by atoms with Crippen LogP contribution in [0.25, 0.3) is 0 Å². The predicted octanol–water partition coefficient (Wildman–Crippen LogP) is 3.91. The van der Waals surface area contributed by atoms with Gasteiger partial charge in [0, 0.05) is 6.07 Å². The van der Waals surface area contributed by atoms with Gasteiger partial charge in [-0.3, -0.25) is 0 Å². The zero-order valence-electron chi connectivity index (χ0n) is 14.5. The predicted molar refractivity (Wildman–Crippen MR) is 92.5 cm³/mol. The highest BCUT2D eigenvalue weighted by atomic mass is 16.7. The van der Waals surface area contributed by atoms with E-state index in [2.05, 4.69) is 26.0 Å². The highest BCUT2D eigenvalue weighted by molar-refractivity contribution is 5.51. The molecule has 5 nitrogen and oxygen atoms in total. The number of hydrogen-bond acceptors (Lipinski definition) is 5. The van der Waals surface area contributed by atoms with Crippen LogP contribution in [-0.2, 0) is 12.8 Å². The van der Waals surface area contributed by atoms with Gasteiger partial charge >= 0.3 is 0 Å². The SMILES string of the molecule is C[C@H](Cc1ccc2c(c1)OCO2)[C@H](C)Cc1cc2c(cc1O)OCO2. The molecule has 1 N–H and O–H groups in total. The number of hydrogen-bond donors (Lipinski definition) is 1. The lowest BCUT2D eigenvalue weighted by Gasteiger charge is -2.21. The number of fused-ring (bicyclic) bond motifs is 2. The average molecular weight is 342 g/mol. The molecule has 0 aliphatic carbocycles. The number of phenols is 1. The van der Waals surface area contributed by atoms with Crippen LogP contribution in [0, 0.1) is 11.8 Å². The number of benzene rings is 2. The first-order valence-corrected chi connectivity index (χ1v) is 8.60. The Morgan fingerprint density at radius 2 is 1.40 bits per heavy atom. The third-order valence-corrected chi connectivity index (χ3v) is 5.08. The van der Waals surface area contributed by atoms with Gasteiger partial charge in [0.15, 0.2) is 23.0 Å². The number of rotatable bonds is 5. The van der Waals surface area contributed by atoms with E-state index in [1.165, 1.54) is 5.56 Å². The van der Waals surface area contributed by atoms with Crippen LogP contribution in [0.2, 0.25) is 0 Å². The summed E-state index contributed by atoms with van der Waals surface area (Å²) in [7, 11) is 0. The van der Waals surface area contributed by atoms with Gasteiger partial charge in [-0.25, -0.2) is 0 Å². The first-order chi connectivity index (χ1) is 12.1. The van der Waals surface area contributed by atoms with Gasteiger partial charge in [0.25, 0.3) is 0 Å². The van der Waals surface area contributed by atoms with E-state index in [9.17, 15) is 5.11 Å². The lowest BCUT2D eigenvalue weighted by Crippen LogP contribution is -2.13. The fourth-order valence-electron chi connectivity index (χ4n) is 3.33. The van der Waals surface area contributed by atoms with Crippen molar-refractivity contribution in [1.82, 2.24) is 0 Å². The summed E-state index contributed by atoms with van der Waals surface area (Å²) in [6, 6.07) is 9.66. The molecule has 4 rings (SSSR count). The van der Waals surface area contributed by atoms with E-state index in [-0.39, 0.29) is 12.5 Å². The van der Waals surface area contributed by atoms with Gasteiger partial charge in [-0.2, -0.15) is 0 Å². The molecule has 5 heteroatoms. The fraction of sp³-hybridized carbons (Fsp3) is 0.400. The summed E-state index contributed by atoms with van der Waals surface area (Å²) in [5, 5.41) is 10.2. The van der Waals surface area contributed by atoms with Crippen molar-refractivity contribution in [2.45, 2.75) is 26.7 Å². The van der Waals surface area contributed by atoms with Crippen molar-refractivity contribution >= 4 is 0 Å². The van der Waals surface area contributed by atoms with Gasteiger partial charge in [0.05, 0.1) is 0 Å². The number of ether oxygens (including phenoxy) is 4. The van der Waals surface area contributed by atoms with E-state index in [0.29, 0.717) is 30.1 Å². The average Bonchev–Trinajstić information content (AvgIpc) is 3.23. The zero-order valence-corrected chi connectivity index (χ0v) is 14.5. The van der Waals surface area contributed by atoms with Crippen LogP contribution in [0.1, 0.15) is 25.0 Å². The summed E-state index contributed by atoms with van der Waals surface area (Å²) >= 11 is 0. The first kappa shape index (κ1) is 15.9. The summed E-state index contributed by atoms with van der Waals surface area (Å²) < 4.78 is 21.5. The molecule has 2 aliphatic rings. The molecule has 0 aromatic heterocycles. The second-order valence-electron chi connectivity index (χ2n) is 6.88. The van der Waals surface area contributed by atoms with E-state index in [0.717, 1.165) is 29.9 Å². The van der Waals surface area contributed by atoms with Crippen molar-refractivity contribution in [1.29, 1.82) is 0 Å². The molecule has 132 valence electrons. The van der Waals surface area contributed by atoms with Crippen molar-refractivity contribution in [3.05, 3.63) is 41.5 Å². The summed E-state index contributed by atoms with van der Waals surface area (Å²) in [6.45, 7) is 4.96. The minimum absolute atomic E-state index is 0.217. The number of aromatic hydroxyl groups is 1. The molecule has 25 heavy (non-hydrogen) atoms. The standard InChI is InChI=1S/C20H22O5/c1-12(5-14-3-4-17-18(7-14)23-10-22-17)13(2)6-15-8-19-20(9-16(15)21)25-11-24-19/h3-4,7-9,12-13,21H,5-6,10-11H2,1-2H3/t12-,13-/m1/s1. The Hall–Kier alpha value is -2.56. The largest absolute Gasteiger partial charge is 0.508 e. The maximum atomic E-state index is 10.2. The van der Waals surface area contributed by atoms with Crippen molar-refractivity contribution in [3.8, 4) is 28.7 Å². The van der Waals surface area contributed by atoms with E-state index < -0.39 is 0 Å². The zero-order chi connectivity index (χ0) is 17.4. The van der Waals surface area contributed by atoms with E-state index in [4.69, 9.17) is 18.9 Å². The van der Waals surface area contributed by atoms with Crippen molar-refractivity contribution in [2.24, 2.45) is 11.8 Å². The molecule has 0 saturated carbocycles. The lowest BCUT2D eigenvalue weighted by atomic mass is 9.85. The van der Waals surface area contributed by atoms with Crippen molar-refractivity contribution in [3.63, 3.8) is 0 Å². The molecule has 0 amide bonds. The Morgan fingerprint density at radius 1 is 0.800 bits per heavy atom. The fourth-order valence-corrected chi connectivity index (χ4v) is 3.33. The van der Waals surface area contributed by atoms with Crippen molar-refractivity contribution < 1.29 is 24.1 Å². The molecule has 0 saturated heterocycles. The molecule has 2 heterocycles. The molecule has 0 fully saturated rings. The van der Waals surface area contributed by atoms with Gasteiger partial charge in [-0.05, 0) is 54.0 Å². The Kier molecular flexibility index (Phi) is 4.07. The van der Waals surface area contributed by atoms with Gasteiger partial charge in [-0.15, -0.1) is 0 Å². The minimum Gasteiger partial charge on any atom is -0.508 e. The Balaban J connectivity index is 1.43. The maximum absolute atomic E-state index is 10.2. The molecule has 0 unspecified atom stereocenters. The van der Waals surface area contributed by atoms with Gasteiger partial charge in [-0.1, -0.05) is 19.9 Å². The molecule has 0 radical (unpaired) electrons. The normalized spacial score (nSPS) is 16.7. The molecule has 0 spiro atoms. The Bertz CT molecular complexity index is 786. The van der Waals surface area contributed by atoms with Gasteiger partial charge in [0.1, 0.15) is 5.75 Å². The topological polar surface area (TPSA) is 57.2 Å². The summed E-state index contributed by atoms with van der Waals surface area (Å²) in [6.07, 6.45) is 1.73. The van der Waals surface area contributed by atoms with Crippen molar-refractivity contribution in [2.75, 3.05) is 13.6 Å². The second kappa shape index (κ2) is 6.39. The first-order valence-electron chi connectivity index (χ1n) is 8.60. The summed E-state index contributed by atoms with van der Waals surface area (Å²) in [4.78, 5) is 0. The smallest absolute Gasteiger partial charge is 0.231 e. The van der Waals surface area contributed by atoms with Crippen LogP contribution < -0.4 is 18.9 Å². The maximum Gasteiger partial charge on any atom is 0.231 e. The molecule has 2 aromatic carbocycles. The van der Waals surface area contributed by atoms with Crippen LogP contribution in [0.5, 0.6) is 28.7 Å². The van der Waals surface area contributed by atoms with Gasteiger partial charge < -0.3 is 24.1 Å². The summed E-state index contributed by atoms with van der Waals surface area (Å²) in [5.41, 5.74) is 2.13. The third kappa shape index (κ3) is 3.18. The summed E-state index contributed by atoms with van der Waals surface area (Å²) in [5.74, 6) is 4.08. The van der Waals surface area contributed by atoms with Crippen LogP contribution in [0.4, 0.5) is 0 Å². The molecule has 2 aromatic rings. The minimum atomic E-state index is 0.217. The Labute approximate surface area is 147 Å². The lowest BCUT2D eigenvalue weighted by molar-refractivity contribution is 0.173. The monoisotopic (exact) mass is 342 g/mol. The molecule has 2 atom stereocenters. The quantitative estimate of drug-likeness (QED) is 0.893. The molecular formula is C20H22O5. The molecule has 0 bridgehead atoms. The number of phenolic OH excluding ortho intramolecular Hbond substituents is 1. The third-order valence-electron chi connectivity index (χ3n) is 5.08. The highest BCUT2D eigenvalue weighted by Gasteiger charge is 2.21. The Morgan fingerprint density at radius 3 is 2.16 bits per heavy atom. The van der Waals surface area contributed by atoms with Crippen LogP contribution >= 0.6 is 0 Å². The highest BCUT2D eigenvalue weighted by Crippen LogP contribution is 2.39. The van der Waals surface area contributed by atoms with Crippen LogP contribution in [-0.4, -0.2) is 18.7 Å². The van der Waals surface area contributed by atoms with E-state index in [1.54, 1.807) is 6.07 Å². The van der Waals surface area contributed by atoms with Crippen LogP contribution in [0.15, 0.2) is 30.3 Å². The van der Waals surface area contributed by atoms with Crippen LogP contribution in [0.3, 0.4) is 0 Å². The van der Waals surface area contributed by atoms with E-state index in [1.807, 2.05) is 12.1 Å². The molecule has 2 aliphatic heterocycles. The molecular weight excluding hydrogens is 320 g/mol. The van der Waals surface area contributed by atoms with Gasteiger partial charge in [0.2, 0.25) is 13.6 Å². The second-order valence-corrected chi connectivity index (χ2v) is 6.88. The van der Waals surface area contributed by atoms with E-state index >= 15 is 0 Å².